The van der Waals surface area contributed by atoms with Crippen molar-refractivity contribution in [3.63, 3.8) is 0 Å². The zero-order valence-electron chi connectivity index (χ0n) is 18.9. The minimum atomic E-state index is -4.08. The van der Waals surface area contributed by atoms with Crippen LogP contribution >= 0.6 is 11.6 Å². The van der Waals surface area contributed by atoms with Gasteiger partial charge in [-0.1, -0.05) is 30.7 Å². The van der Waals surface area contributed by atoms with Crippen LogP contribution in [0.15, 0.2) is 71.6 Å². The van der Waals surface area contributed by atoms with Crippen LogP contribution in [0, 0.1) is 5.82 Å². The molecule has 3 aromatic carbocycles. The predicted octanol–water partition coefficient (Wildman–Crippen LogP) is 5.26. The van der Waals surface area contributed by atoms with Gasteiger partial charge >= 0.3 is 5.97 Å². The molecule has 0 amide bonds. The summed E-state index contributed by atoms with van der Waals surface area (Å²) >= 11 is 5.99. The summed E-state index contributed by atoms with van der Waals surface area (Å²) in [5.74, 6) is -0.913. The summed E-state index contributed by atoms with van der Waals surface area (Å²) < 4.78 is 43.6. The molecule has 0 bridgehead atoms. The van der Waals surface area contributed by atoms with E-state index in [2.05, 4.69) is 4.98 Å². The second kappa shape index (κ2) is 10.1. The van der Waals surface area contributed by atoms with Crippen LogP contribution in [0.25, 0.3) is 11.0 Å². The number of carboxylic acids is 1. The Kier molecular flexibility index (Phi) is 7.09. The van der Waals surface area contributed by atoms with Gasteiger partial charge in [0.2, 0.25) is 0 Å². The first-order valence-corrected chi connectivity index (χ1v) is 12.7. The number of nitrogens with zero attached hydrogens (tertiary/aromatic N) is 3. The maximum atomic E-state index is 13.6. The molecule has 35 heavy (non-hydrogen) atoms. The summed E-state index contributed by atoms with van der Waals surface area (Å²) in [6.45, 7) is 1.73. The second-order valence-corrected chi connectivity index (χ2v) is 10.3. The molecule has 0 spiro atoms. The monoisotopic (exact) mass is 515 g/mol. The number of fused-ring (bicyclic) bond motifs is 1. The average molecular weight is 516 g/mol. The molecule has 0 atom stereocenters. The smallest absolute Gasteiger partial charge is 0.323 e. The van der Waals surface area contributed by atoms with Gasteiger partial charge in [0, 0.05) is 11.4 Å². The fourth-order valence-corrected chi connectivity index (χ4v) is 5.42. The maximum Gasteiger partial charge on any atom is 0.323 e. The van der Waals surface area contributed by atoms with E-state index in [0.29, 0.717) is 39.6 Å². The summed E-state index contributed by atoms with van der Waals surface area (Å²) in [5.41, 5.74) is 2.14. The van der Waals surface area contributed by atoms with Crippen LogP contribution in [0.4, 0.5) is 10.1 Å². The van der Waals surface area contributed by atoms with Crippen molar-refractivity contribution >= 4 is 44.3 Å². The molecule has 0 saturated heterocycles. The number of carboxylic acid groups (broad SMARTS) is 1. The topological polar surface area (TPSA) is 92.5 Å². The van der Waals surface area contributed by atoms with Gasteiger partial charge in [0.05, 0.1) is 28.2 Å². The molecule has 0 saturated carbocycles. The van der Waals surface area contributed by atoms with Crippen molar-refractivity contribution in [2.75, 3.05) is 4.31 Å². The van der Waals surface area contributed by atoms with Gasteiger partial charge in [-0.2, -0.15) is 0 Å². The summed E-state index contributed by atoms with van der Waals surface area (Å²) in [4.78, 5) is 15.9. The standard InChI is InChI=1S/C25H23ClFN3O4S/c1-2-3-24-28-22-14-20(10-13-23(22)29(24)16-25(31)32)30(15-17-4-6-18(26)7-5-17)35(33,34)21-11-8-19(27)9-12-21/h4-14H,2-3,15-16H2,1H3,(H,31,32). The van der Waals surface area contributed by atoms with Crippen molar-refractivity contribution in [3.05, 3.63) is 89.0 Å². The molecule has 0 radical (unpaired) electrons. The number of aliphatic carboxylic acids is 1. The van der Waals surface area contributed by atoms with E-state index < -0.39 is 21.8 Å². The fraction of sp³-hybridized carbons (Fsp3) is 0.200. The van der Waals surface area contributed by atoms with Crippen molar-refractivity contribution in [2.24, 2.45) is 0 Å². The molecule has 0 aliphatic carbocycles. The van der Waals surface area contributed by atoms with Gasteiger partial charge in [-0.15, -0.1) is 0 Å². The quantitative estimate of drug-likeness (QED) is 0.328. The van der Waals surface area contributed by atoms with E-state index >= 15 is 0 Å². The third kappa shape index (κ3) is 5.31. The number of halogens is 2. The number of sulfonamides is 1. The van der Waals surface area contributed by atoms with E-state index in [1.165, 1.54) is 16.4 Å². The largest absolute Gasteiger partial charge is 0.480 e. The van der Waals surface area contributed by atoms with Crippen LogP contribution in [0.2, 0.25) is 5.02 Å². The maximum absolute atomic E-state index is 13.6. The fourth-order valence-electron chi connectivity index (χ4n) is 3.85. The van der Waals surface area contributed by atoms with Gasteiger partial charge < -0.3 is 9.67 Å². The number of imidazole rings is 1. The predicted molar refractivity (Wildman–Crippen MR) is 133 cm³/mol. The first-order chi connectivity index (χ1) is 16.7. The number of benzene rings is 3. The molecule has 0 unspecified atom stereocenters. The zero-order valence-corrected chi connectivity index (χ0v) is 20.4. The van der Waals surface area contributed by atoms with E-state index in [1.807, 2.05) is 6.92 Å². The number of hydrogen-bond acceptors (Lipinski definition) is 4. The van der Waals surface area contributed by atoms with E-state index in [9.17, 15) is 22.7 Å². The highest BCUT2D eigenvalue weighted by molar-refractivity contribution is 7.92. The number of rotatable bonds is 9. The molecule has 1 heterocycles. The molecule has 0 aliphatic rings. The van der Waals surface area contributed by atoms with Gasteiger partial charge in [0.25, 0.3) is 10.0 Å². The number of carbonyl (C=O) groups is 1. The van der Waals surface area contributed by atoms with Crippen LogP contribution in [0.1, 0.15) is 24.7 Å². The SMILES string of the molecule is CCCc1nc2cc(N(Cc3ccc(Cl)cc3)S(=O)(=O)c3ccc(F)cc3)ccc2n1CC(=O)O. The molecule has 182 valence electrons. The Labute approximate surface area is 207 Å². The third-order valence-corrected chi connectivity index (χ3v) is 7.55. The molecular weight excluding hydrogens is 493 g/mol. The first-order valence-electron chi connectivity index (χ1n) is 10.9. The van der Waals surface area contributed by atoms with Crippen molar-refractivity contribution in [1.82, 2.24) is 9.55 Å². The number of hydrogen-bond donors (Lipinski definition) is 1. The van der Waals surface area contributed by atoms with E-state index in [-0.39, 0.29) is 18.0 Å². The lowest BCUT2D eigenvalue weighted by molar-refractivity contribution is -0.137. The molecule has 7 nitrogen and oxygen atoms in total. The second-order valence-electron chi connectivity index (χ2n) is 8.02. The van der Waals surface area contributed by atoms with Crippen LogP contribution in [-0.2, 0) is 34.3 Å². The molecule has 4 aromatic rings. The Morgan fingerprint density at radius 1 is 1.09 bits per heavy atom. The molecule has 4 rings (SSSR count). The Morgan fingerprint density at radius 2 is 1.77 bits per heavy atom. The molecule has 10 heteroatoms. The summed E-state index contributed by atoms with van der Waals surface area (Å²) in [6, 6.07) is 16.4. The normalized spacial score (nSPS) is 11.6. The minimum Gasteiger partial charge on any atom is -0.480 e. The van der Waals surface area contributed by atoms with E-state index in [4.69, 9.17) is 11.6 Å². The minimum absolute atomic E-state index is 0.0000367. The molecule has 1 N–H and O–H groups in total. The lowest BCUT2D eigenvalue weighted by Crippen LogP contribution is -2.30. The van der Waals surface area contributed by atoms with Gasteiger partial charge in [0.1, 0.15) is 18.2 Å². The highest BCUT2D eigenvalue weighted by atomic mass is 35.5. The van der Waals surface area contributed by atoms with Gasteiger partial charge in [-0.05, 0) is 66.6 Å². The lowest BCUT2D eigenvalue weighted by Gasteiger charge is -2.25. The Bertz CT molecular complexity index is 1470. The van der Waals surface area contributed by atoms with Gasteiger partial charge in [-0.25, -0.2) is 17.8 Å². The van der Waals surface area contributed by atoms with E-state index in [0.717, 1.165) is 18.6 Å². The Morgan fingerprint density at radius 3 is 2.40 bits per heavy atom. The van der Waals surface area contributed by atoms with Crippen LogP contribution in [0.5, 0.6) is 0 Å². The summed E-state index contributed by atoms with van der Waals surface area (Å²) in [5, 5.41) is 9.87. The highest BCUT2D eigenvalue weighted by Gasteiger charge is 2.26. The number of anilines is 1. The first kappa shape index (κ1) is 24.7. The van der Waals surface area contributed by atoms with E-state index in [1.54, 1.807) is 47.0 Å². The molecular formula is C25H23ClFN3O4S. The molecule has 0 fully saturated rings. The average Bonchev–Trinajstić information content (AvgIpc) is 3.14. The van der Waals surface area contributed by atoms with Crippen LogP contribution < -0.4 is 4.31 Å². The third-order valence-electron chi connectivity index (χ3n) is 5.51. The number of aromatic nitrogens is 2. The lowest BCUT2D eigenvalue weighted by atomic mass is 10.2. The molecule has 0 aliphatic heterocycles. The van der Waals surface area contributed by atoms with Crippen LogP contribution in [-0.4, -0.2) is 29.0 Å². The van der Waals surface area contributed by atoms with Crippen molar-refractivity contribution in [2.45, 2.75) is 37.8 Å². The molecule has 1 aromatic heterocycles. The summed E-state index contributed by atoms with van der Waals surface area (Å²) in [7, 11) is -4.08. The number of aryl methyl sites for hydroxylation is 1. The van der Waals surface area contributed by atoms with Gasteiger partial charge in [0.15, 0.2) is 0 Å². The van der Waals surface area contributed by atoms with Crippen molar-refractivity contribution < 1.29 is 22.7 Å². The zero-order chi connectivity index (χ0) is 25.2. The van der Waals surface area contributed by atoms with Crippen molar-refractivity contribution in [3.8, 4) is 0 Å². The van der Waals surface area contributed by atoms with Gasteiger partial charge in [-0.3, -0.25) is 9.10 Å². The summed E-state index contributed by atoms with van der Waals surface area (Å²) in [6.07, 6.45) is 1.36. The Hall–Kier alpha value is -3.43. The van der Waals surface area contributed by atoms with Crippen LogP contribution in [0.3, 0.4) is 0 Å². The van der Waals surface area contributed by atoms with Crippen molar-refractivity contribution in [1.29, 1.82) is 0 Å². The Balaban J connectivity index is 1.84. The highest BCUT2D eigenvalue weighted by Crippen LogP contribution is 2.30.